The predicted octanol–water partition coefficient (Wildman–Crippen LogP) is 3.37. The minimum absolute atomic E-state index is 0.128. The summed E-state index contributed by atoms with van der Waals surface area (Å²) in [6.45, 7) is 8.14. The molecule has 0 aliphatic heterocycles. The van der Waals surface area contributed by atoms with Crippen molar-refractivity contribution >= 4 is 86.0 Å². The van der Waals surface area contributed by atoms with E-state index in [1.165, 1.54) is 6.08 Å². The van der Waals surface area contributed by atoms with Crippen LogP contribution >= 0.6 is 16.9 Å². The van der Waals surface area contributed by atoms with Crippen molar-refractivity contribution in [1.29, 1.82) is 0 Å². The first-order valence-corrected chi connectivity index (χ1v) is 16.5. The number of nitrogens with two attached hydrogens (primary N) is 1. The number of carbonyl (C=O) groups excluding carboxylic acids is 10. The molecule has 0 heterocycles. The van der Waals surface area contributed by atoms with Crippen LogP contribution in [-0.4, -0.2) is 101 Å². The summed E-state index contributed by atoms with van der Waals surface area (Å²) in [6.07, 6.45) is 5.99. The van der Waals surface area contributed by atoms with Crippen LogP contribution in [0.1, 0.15) is 82.5 Å². The highest BCUT2D eigenvalue weighted by atomic mass is 31.1. The van der Waals surface area contributed by atoms with E-state index in [1.807, 2.05) is 0 Å². The van der Waals surface area contributed by atoms with Gasteiger partial charge in [-0.05, 0) is 52.3 Å². The van der Waals surface area contributed by atoms with E-state index in [0.29, 0.717) is 78.1 Å². The van der Waals surface area contributed by atoms with Crippen molar-refractivity contribution in [2.24, 2.45) is 11.1 Å². The number of aliphatic hydroxyl groups is 1. The number of allylic oxidation sites excluding steroid dienone is 2. The molecular weight excluding hydrogens is 772 g/mol. The molecule has 0 bridgehead atoms. The van der Waals surface area contributed by atoms with Gasteiger partial charge in [-0.15, -0.1) is 9.42 Å². The lowest BCUT2D eigenvalue weighted by molar-refractivity contribution is -0.124. The average molecular weight is 817 g/mol. The molecule has 21 heteroatoms. The quantitative estimate of drug-likeness (QED) is 0.0887. The Morgan fingerprint density at radius 3 is 1.35 bits per heavy atom. The second-order valence-electron chi connectivity index (χ2n) is 10.0. The van der Waals surface area contributed by atoms with Crippen molar-refractivity contribution in [3.05, 3.63) is 82.4 Å². The van der Waals surface area contributed by atoms with Crippen molar-refractivity contribution < 1.29 is 86.4 Å². The Morgan fingerprint density at radius 1 is 0.836 bits per heavy atom. The molecule has 2 aromatic carbocycles. The molecule has 0 aliphatic rings. The molecule has 2 rings (SSSR count). The van der Waals surface area contributed by atoms with Gasteiger partial charge >= 0.3 is 23.1 Å². The molecule has 0 aliphatic carbocycles. The molecule has 0 amide bonds. The van der Waals surface area contributed by atoms with E-state index >= 15 is 0 Å². The first-order valence-electron chi connectivity index (χ1n) is 14.6. The summed E-state index contributed by atoms with van der Waals surface area (Å²) in [4.78, 5) is 122. The molecule has 2 unspecified atom stereocenters. The highest BCUT2D eigenvalue weighted by Crippen LogP contribution is 2.13. The number of rotatable bonds is 12. The summed E-state index contributed by atoms with van der Waals surface area (Å²) >= 11 is 0. The van der Waals surface area contributed by atoms with Crippen LogP contribution in [0.5, 0.6) is 0 Å². The third kappa shape index (κ3) is 57.8. The van der Waals surface area contributed by atoms with Gasteiger partial charge in [0, 0.05) is 39.3 Å². The monoisotopic (exact) mass is 816 g/mol. The molecule has 2 aromatic rings. The van der Waals surface area contributed by atoms with E-state index in [2.05, 4.69) is 4.52 Å². The maximum atomic E-state index is 10.2. The van der Waals surface area contributed by atoms with Gasteiger partial charge in [0.15, 0.2) is 0 Å². The summed E-state index contributed by atoms with van der Waals surface area (Å²) in [7, 11) is -3.82. The van der Waals surface area contributed by atoms with E-state index < -0.39 is 34.6 Å². The molecule has 0 saturated heterocycles. The Labute approximate surface area is 318 Å². The van der Waals surface area contributed by atoms with Crippen LogP contribution in [0.2, 0.25) is 0 Å². The van der Waals surface area contributed by atoms with E-state index in [4.69, 9.17) is 30.3 Å². The summed E-state index contributed by atoms with van der Waals surface area (Å²) in [5, 5.41) is 15.6. The van der Waals surface area contributed by atoms with Gasteiger partial charge in [-0.2, -0.15) is 4.79 Å². The molecule has 19 nitrogen and oxygen atoms in total. The number of carboxylic acid groups (broad SMARTS) is 1. The number of hydrogen-bond donors (Lipinski definition) is 5. The van der Waals surface area contributed by atoms with E-state index in [9.17, 15) is 57.3 Å². The number of aldehydes is 10. The average Bonchev–Trinajstić information content (AvgIpc) is 3.15. The zero-order chi connectivity index (χ0) is 44.3. The van der Waals surface area contributed by atoms with Gasteiger partial charge in [0.2, 0.25) is 0 Å². The second-order valence-corrected chi connectivity index (χ2v) is 10.8. The van der Waals surface area contributed by atoms with Crippen LogP contribution in [-0.2, 0) is 42.4 Å². The Morgan fingerprint density at radius 2 is 1.20 bits per heavy atom. The fourth-order valence-electron chi connectivity index (χ4n) is 1.77. The van der Waals surface area contributed by atoms with Crippen LogP contribution in [0.15, 0.2) is 60.2 Å². The fourth-order valence-corrected chi connectivity index (χ4v) is 1.90. The van der Waals surface area contributed by atoms with Crippen molar-refractivity contribution in [2.75, 3.05) is 0 Å². The SMILES string of the molecule is C/C(C=O)=C\C=O.CC(C)(C=O)C=O.CC(C)O.NC(C=O)CC=O.O=C(O)O[P+](=O)O.O=Cc1ccc(C=O)cc1.O=Cc1cccc(C=O)c1.O=PO. The first-order chi connectivity index (χ1) is 25.7. The Bertz CT molecular complexity index is 1400. The van der Waals surface area contributed by atoms with E-state index in [1.54, 1.807) is 83.1 Å². The van der Waals surface area contributed by atoms with Gasteiger partial charge in [0.1, 0.15) is 62.9 Å². The zero-order valence-electron chi connectivity index (χ0n) is 30.3. The highest BCUT2D eigenvalue weighted by molar-refractivity contribution is 7.32. The van der Waals surface area contributed by atoms with Crippen LogP contribution in [0.4, 0.5) is 4.79 Å². The van der Waals surface area contributed by atoms with Gasteiger partial charge in [-0.3, -0.25) is 28.8 Å². The third-order valence-electron chi connectivity index (χ3n) is 4.22. The summed E-state index contributed by atoms with van der Waals surface area (Å²) in [5.41, 5.74) is 6.90. The van der Waals surface area contributed by atoms with Crippen LogP contribution in [0.3, 0.4) is 0 Å². The van der Waals surface area contributed by atoms with Gasteiger partial charge in [-0.1, -0.05) is 42.5 Å². The minimum atomic E-state index is -2.99. The Hall–Kier alpha value is -5.81. The standard InChI is InChI=1S/2C8H6O2.C5H8O2.C5H6O2.C4H7NO2.C3H8O.CHO5P.HO2P/c9-5-7-1-2-8(6-10)4-3-7;9-5-7-2-1-3-8(4-7)6-10;1-5(2,3-6)4-7;1-5(4-7)2-3-6;5-4(3-7)1-2-6;1-3(2)4;2-1(3)6-7(4)5;1-3-2/h2*1-6H;3-4H,1-2H3;2-4H,1H3;2-4H,1,5H2;3-4H,1-2H3;(H-,2,3,4,5);(H,1,2)/p+1/b;;;5-2+;;;;. The van der Waals surface area contributed by atoms with Crippen LogP contribution in [0, 0.1) is 5.41 Å². The molecule has 0 spiro atoms. The van der Waals surface area contributed by atoms with Crippen LogP contribution < -0.4 is 5.73 Å². The largest absolute Gasteiger partial charge is 0.753 e. The second kappa shape index (κ2) is 44.4. The van der Waals surface area contributed by atoms with Crippen molar-refractivity contribution in [2.45, 2.75) is 53.2 Å². The van der Waals surface area contributed by atoms with Crippen molar-refractivity contribution in [1.82, 2.24) is 0 Å². The van der Waals surface area contributed by atoms with Crippen LogP contribution in [0.25, 0.3) is 0 Å². The molecule has 0 radical (unpaired) electrons. The van der Waals surface area contributed by atoms with Crippen molar-refractivity contribution in [3.8, 4) is 0 Å². The van der Waals surface area contributed by atoms with Gasteiger partial charge in [-0.25, -0.2) is 4.57 Å². The molecule has 6 N–H and O–H groups in total. The molecule has 302 valence electrons. The lowest BCUT2D eigenvalue weighted by atomic mass is 9.99. The lowest BCUT2D eigenvalue weighted by Crippen LogP contribution is -2.21. The highest BCUT2D eigenvalue weighted by Gasteiger charge is 2.17. The van der Waals surface area contributed by atoms with Gasteiger partial charge in [0.25, 0.3) is 0 Å². The summed E-state index contributed by atoms with van der Waals surface area (Å²) in [5.74, 6) is 0. The van der Waals surface area contributed by atoms with Gasteiger partial charge in [0.05, 0.1) is 11.5 Å². The lowest BCUT2D eigenvalue weighted by Gasteiger charge is -2.02. The zero-order valence-corrected chi connectivity index (χ0v) is 32.1. The van der Waals surface area contributed by atoms with E-state index in [0.717, 1.165) is 12.6 Å². The molecule has 55 heavy (non-hydrogen) atoms. The smallest absolute Gasteiger partial charge is 0.447 e. The first kappa shape index (κ1) is 61.2. The van der Waals surface area contributed by atoms with Gasteiger partial charge < -0.3 is 40.0 Å². The molecule has 2 atom stereocenters. The number of aliphatic hydroxyl groups excluding tert-OH is 1. The Kier molecular flexibility index (Phi) is 49.4. The van der Waals surface area contributed by atoms with E-state index in [-0.39, 0.29) is 12.5 Å². The third-order valence-corrected chi connectivity index (χ3v) is 4.53. The predicted molar refractivity (Wildman–Crippen MR) is 197 cm³/mol. The summed E-state index contributed by atoms with van der Waals surface area (Å²) < 4.78 is 21.0. The fraction of sp³-hybridized carbons (Fsp3) is 0.265. The maximum Gasteiger partial charge on any atom is 0.753 e. The molecule has 0 saturated carbocycles. The number of hydrogen-bond acceptors (Lipinski definition) is 16. The number of carbonyl (C=O) groups is 11. The molecular formula is C34H44NO18P2+. The maximum absolute atomic E-state index is 10.2. The number of benzene rings is 2. The van der Waals surface area contributed by atoms with Crippen molar-refractivity contribution in [3.63, 3.8) is 0 Å². The summed E-state index contributed by atoms with van der Waals surface area (Å²) in [6, 6.07) is 12.4. The minimum Gasteiger partial charge on any atom is -0.447 e. The normalized spacial score (nSPS) is 9.85. The molecule has 0 aromatic heterocycles. The topological polar surface area (TPSA) is 338 Å². The molecule has 0 fully saturated rings. The Balaban J connectivity index is -0.000000128.